The zero-order valence-corrected chi connectivity index (χ0v) is 9.20. The SMILES string of the molecule is CNC(C)c1ncc(COC(C)C)o1. The maximum atomic E-state index is 5.49. The van der Waals surface area contributed by atoms with Gasteiger partial charge in [-0.2, -0.15) is 0 Å². The van der Waals surface area contributed by atoms with Crippen molar-refractivity contribution in [3.8, 4) is 0 Å². The van der Waals surface area contributed by atoms with Crippen molar-refractivity contribution in [3.05, 3.63) is 17.8 Å². The van der Waals surface area contributed by atoms with Crippen molar-refractivity contribution >= 4 is 0 Å². The van der Waals surface area contributed by atoms with Crippen LogP contribution >= 0.6 is 0 Å². The summed E-state index contributed by atoms with van der Waals surface area (Å²) in [7, 11) is 1.87. The van der Waals surface area contributed by atoms with Crippen LogP contribution < -0.4 is 5.32 Å². The Bertz CT molecular complexity index is 271. The minimum atomic E-state index is 0.141. The standard InChI is InChI=1S/C10H18N2O2/c1-7(2)13-6-9-5-12-10(14-9)8(3)11-4/h5,7-8,11H,6H2,1-4H3. The van der Waals surface area contributed by atoms with Gasteiger partial charge in [-0.15, -0.1) is 0 Å². The molecule has 1 unspecified atom stereocenters. The topological polar surface area (TPSA) is 47.3 Å². The Labute approximate surface area is 84.7 Å². The molecule has 1 heterocycles. The van der Waals surface area contributed by atoms with Crippen molar-refractivity contribution in [2.45, 2.75) is 39.5 Å². The molecule has 4 heteroatoms. The van der Waals surface area contributed by atoms with Crippen LogP contribution in [0.15, 0.2) is 10.6 Å². The Morgan fingerprint density at radius 1 is 1.50 bits per heavy atom. The van der Waals surface area contributed by atoms with E-state index >= 15 is 0 Å². The molecule has 0 saturated carbocycles. The van der Waals surface area contributed by atoms with Crippen molar-refractivity contribution in [2.24, 2.45) is 0 Å². The van der Waals surface area contributed by atoms with Crippen LogP contribution in [-0.2, 0) is 11.3 Å². The molecular formula is C10H18N2O2. The number of oxazole rings is 1. The number of hydrogen-bond acceptors (Lipinski definition) is 4. The molecule has 0 aliphatic carbocycles. The summed E-state index contributed by atoms with van der Waals surface area (Å²) in [5, 5.41) is 3.06. The van der Waals surface area contributed by atoms with Crippen molar-refractivity contribution in [1.29, 1.82) is 0 Å². The molecule has 14 heavy (non-hydrogen) atoms. The maximum absolute atomic E-state index is 5.49. The Morgan fingerprint density at radius 3 is 2.79 bits per heavy atom. The highest BCUT2D eigenvalue weighted by Gasteiger charge is 2.10. The molecule has 0 aliphatic heterocycles. The van der Waals surface area contributed by atoms with E-state index in [1.54, 1.807) is 6.20 Å². The Balaban J connectivity index is 2.50. The highest BCUT2D eigenvalue weighted by Crippen LogP contribution is 2.13. The van der Waals surface area contributed by atoms with E-state index in [0.717, 1.165) is 5.76 Å². The summed E-state index contributed by atoms with van der Waals surface area (Å²) in [6, 6.07) is 0.141. The second kappa shape index (κ2) is 5.12. The third-order valence-electron chi connectivity index (χ3n) is 1.93. The van der Waals surface area contributed by atoms with Crippen LogP contribution in [0.2, 0.25) is 0 Å². The number of ether oxygens (including phenoxy) is 1. The van der Waals surface area contributed by atoms with Crippen LogP contribution in [0.25, 0.3) is 0 Å². The van der Waals surface area contributed by atoms with E-state index < -0.39 is 0 Å². The number of aromatic nitrogens is 1. The van der Waals surface area contributed by atoms with Crippen LogP contribution in [0.4, 0.5) is 0 Å². The van der Waals surface area contributed by atoms with Gasteiger partial charge in [0.25, 0.3) is 0 Å². The molecule has 1 rings (SSSR count). The van der Waals surface area contributed by atoms with E-state index in [-0.39, 0.29) is 12.1 Å². The predicted octanol–water partition coefficient (Wildman–Crippen LogP) is 1.88. The Morgan fingerprint density at radius 2 is 2.21 bits per heavy atom. The van der Waals surface area contributed by atoms with E-state index in [0.29, 0.717) is 12.5 Å². The number of nitrogens with one attached hydrogen (secondary N) is 1. The van der Waals surface area contributed by atoms with Gasteiger partial charge in [-0.1, -0.05) is 0 Å². The summed E-state index contributed by atoms with van der Waals surface area (Å²) in [5.41, 5.74) is 0. The predicted molar refractivity (Wildman–Crippen MR) is 53.9 cm³/mol. The quantitative estimate of drug-likeness (QED) is 0.784. The third kappa shape index (κ3) is 3.12. The summed E-state index contributed by atoms with van der Waals surface area (Å²) in [4.78, 5) is 4.16. The lowest BCUT2D eigenvalue weighted by atomic mass is 10.3. The summed E-state index contributed by atoms with van der Waals surface area (Å²) in [6.07, 6.45) is 1.93. The minimum Gasteiger partial charge on any atom is -0.442 e. The fourth-order valence-corrected chi connectivity index (χ4v) is 0.962. The first kappa shape index (κ1) is 11.2. The first-order valence-corrected chi connectivity index (χ1v) is 4.87. The smallest absolute Gasteiger partial charge is 0.211 e. The van der Waals surface area contributed by atoms with Gasteiger partial charge in [-0.05, 0) is 27.8 Å². The second-order valence-corrected chi connectivity index (χ2v) is 3.53. The summed E-state index contributed by atoms with van der Waals surface area (Å²) in [5.74, 6) is 1.48. The zero-order valence-electron chi connectivity index (χ0n) is 9.20. The lowest BCUT2D eigenvalue weighted by Crippen LogP contribution is -2.12. The molecular weight excluding hydrogens is 180 g/mol. The zero-order chi connectivity index (χ0) is 10.6. The van der Waals surface area contributed by atoms with Gasteiger partial charge in [-0.3, -0.25) is 0 Å². The molecule has 4 nitrogen and oxygen atoms in total. The Kier molecular flexibility index (Phi) is 4.10. The normalized spacial score (nSPS) is 13.5. The molecule has 1 N–H and O–H groups in total. The van der Waals surface area contributed by atoms with Gasteiger partial charge in [0.15, 0.2) is 0 Å². The fraction of sp³-hybridized carbons (Fsp3) is 0.700. The second-order valence-electron chi connectivity index (χ2n) is 3.53. The van der Waals surface area contributed by atoms with Crippen molar-refractivity contribution in [3.63, 3.8) is 0 Å². The van der Waals surface area contributed by atoms with Gasteiger partial charge in [-0.25, -0.2) is 4.98 Å². The third-order valence-corrected chi connectivity index (χ3v) is 1.93. The Hall–Kier alpha value is -0.870. The van der Waals surface area contributed by atoms with Gasteiger partial charge in [0.2, 0.25) is 5.89 Å². The molecule has 0 radical (unpaired) electrons. The maximum Gasteiger partial charge on any atom is 0.211 e. The fourth-order valence-electron chi connectivity index (χ4n) is 0.962. The molecule has 1 atom stereocenters. The molecule has 0 amide bonds. The number of hydrogen-bond donors (Lipinski definition) is 1. The van der Waals surface area contributed by atoms with Crippen LogP contribution in [0.5, 0.6) is 0 Å². The van der Waals surface area contributed by atoms with E-state index in [1.807, 2.05) is 27.8 Å². The van der Waals surface area contributed by atoms with Gasteiger partial charge in [0.1, 0.15) is 12.4 Å². The minimum absolute atomic E-state index is 0.141. The summed E-state index contributed by atoms with van der Waals surface area (Å²) in [6.45, 7) is 6.47. The van der Waals surface area contributed by atoms with E-state index in [4.69, 9.17) is 9.15 Å². The summed E-state index contributed by atoms with van der Waals surface area (Å²) < 4.78 is 10.9. The van der Waals surface area contributed by atoms with Crippen LogP contribution in [0, 0.1) is 0 Å². The monoisotopic (exact) mass is 198 g/mol. The molecule has 0 saturated heterocycles. The van der Waals surface area contributed by atoms with Gasteiger partial charge >= 0.3 is 0 Å². The molecule has 1 aromatic heterocycles. The van der Waals surface area contributed by atoms with E-state index in [9.17, 15) is 0 Å². The van der Waals surface area contributed by atoms with Gasteiger partial charge in [0, 0.05) is 0 Å². The number of nitrogens with zero attached hydrogens (tertiary/aromatic N) is 1. The van der Waals surface area contributed by atoms with Crippen LogP contribution in [0.3, 0.4) is 0 Å². The van der Waals surface area contributed by atoms with Gasteiger partial charge in [0.05, 0.1) is 18.3 Å². The first-order chi connectivity index (χ1) is 6.63. The molecule has 80 valence electrons. The first-order valence-electron chi connectivity index (χ1n) is 4.87. The van der Waals surface area contributed by atoms with Crippen LogP contribution in [0.1, 0.15) is 38.5 Å². The van der Waals surface area contributed by atoms with E-state index in [2.05, 4.69) is 10.3 Å². The molecule has 0 fully saturated rings. The average Bonchev–Trinajstić information content (AvgIpc) is 2.62. The van der Waals surface area contributed by atoms with Crippen molar-refractivity contribution in [1.82, 2.24) is 10.3 Å². The highest BCUT2D eigenvalue weighted by atomic mass is 16.5. The molecule has 0 aliphatic rings. The lowest BCUT2D eigenvalue weighted by Gasteiger charge is -2.05. The van der Waals surface area contributed by atoms with Crippen LogP contribution in [-0.4, -0.2) is 18.1 Å². The molecule has 0 bridgehead atoms. The van der Waals surface area contributed by atoms with Crippen molar-refractivity contribution in [2.75, 3.05) is 7.05 Å². The largest absolute Gasteiger partial charge is 0.442 e. The summed E-state index contributed by atoms with van der Waals surface area (Å²) >= 11 is 0. The number of rotatable bonds is 5. The van der Waals surface area contributed by atoms with Crippen molar-refractivity contribution < 1.29 is 9.15 Å². The average molecular weight is 198 g/mol. The molecule has 1 aromatic rings. The van der Waals surface area contributed by atoms with Gasteiger partial charge < -0.3 is 14.5 Å². The highest BCUT2D eigenvalue weighted by molar-refractivity contribution is 4.95. The molecule has 0 aromatic carbocycles. The molecule has 0 spiro atoms. The van der Waals surface area contributed by atoms with E-state index in [1.165, 1.54) is 0 Å². The lowest BCUT2D eigenvalue weighted by molar-refractivity contribution is 0.0536.